The molecule has 0 unspecified atom stereocenters. The fourth-order valence-electron chi connectivity index (χ4n) is 2.22. The number of nitrogen functional groups attached to an aromatic ring is 2. The van der Waals surface area contributed by atoms with E-state index in [0.717, 1.165) is 0 Å². The van der Waals surface area contributed by atoms with Crippen molar-refractivity contribution in [2.75, 3.05) is 11.5 Å². The van der Waals surface area contributed by atoms with Crippen LogP contribution in [-0.4, -0.2) is 6.29 Å². The molecule has 0 saturated carbocycles. The van der Waals surface area contributed by atoms with Gasteiger partial charge >= 0.3 is 0 Å². The molecule has 0 aliphatic rings. The number of anilines is 2. The summed E-state index contributed by atoms with van der Waals surface area (Å²) in [6, 6.07) is 19.1. The van der Waals surface area contributed by atoms with Gasteiger partial charge in [0.2, 0.25) is 0 Å². The van der Waals surface area contributed by atoms with E-state index in [0.29, 0.717) is 46.2 Å². The van der Waals surface area contributed by atoms with E-state index in [9.17, 15) is 4.79 Å². The standard InChI is InChI=1S/C19H16N2O3/c20-14-5-2-7-16(10-14)23-18-9-1-4-13(12-22)19(18)24-17-8-3-6-15(21)11-17/h1-12H,20-21H2. The molecule has 120 valence electrons. The second kappa shape index (κ2) is 6.75. The lowest BCUT2D eigenvalue weighted by molar-refractivity contribution is 0.112. The van der Waals surface area contributed by atoms with E-state index in [1.54, 1.807) is 66.7 Å². The smallest absolute Gasteiger partial charge is 0.180 e. The van der Waals surface area contributed by atoms with E-state index in [-0.39, 0.29) is 0 Å². The molecule has 0 amide bonds. The number of aldehydes is 1. The summed E-state index contributed by atoms with van der Waals surface area (Å²) in [5.74, 6) is 1.80. The molecule has 0 aromatic heterocycles. The van der Waals surface area contributed by atoms with Gasteiger partial charge in [0.25, 0.3) is 0 Å². The van der Waals surface area contributed by atoms with Gasteiger partial charge in [-0.25, -0.2) is 0 Å². The summed E-state index contributed by atoms with van der Waals surface area (Å²) in [4.78, 5) is 11.4. The van der Waals surface area contributed by atoms with Gasteiger partial charge in [0.15, 0.2) is 17.8 Å². The van der Waals surface area contributed by atoms with E-state index < -0.39 is 0 Å². The van der Waals surface area contributed by atoms with E-state index in [1.807, 2.05) is 0 Å². The van der Waals surface area contributed by atoms with Crippen LogP contribution in [0.25, 0.3) is 0 Å². The Morgan fingerprint density at radius 1 is 0.750 bits per heavy atom. The molecule has 0 saturated heterocycles. The lowest BCUT2D eigenvalue weighted by Gasteiger charge is -2.14. The van der Waals surface area contributed by atoms with E-state index in [4.69, 9.17) is 20.9 Å². The molecule has 5 nitrogen and oxygen atoms in total. The third-order valence-corrected chi connectivity index (χ3v) is 3.30. The van der Waals surface area contributed by atoms with E-state index in [2.05, 4.69) is 0 Å². The number of hydrogen-bond donors (Lipinski definition) is 2. The Hall–Kier alpha value is -3.47. The minimum atomic E-state index is 0.320. The van der Waals surface area contributed by atoms with Crippen LogP contribution in [0.5, 0.6) is 23.0 Å². The Bertz CT molecular complexity index is 878. The zero-order valence-corrected chi connectivity index (χ0v) is 12.8. The average Bonchev–Trinajstić information content (AvgIpc) is 2.56. The van der Waals surface area contributed by atoms with E-state index in [1.165, 1.54) is 0 Å². The molecule has 3 aromatic rings. The molecule has 0 heterocycles. The van der Waals surface area contributed by atoms with Crippen molar-refractivity contribution >= 4 is 17.7 Å². The third kappa shape index (κ3) is 3.47. The number of para-hydroxylation sites is 1. The Kier molecular flexibility index (Phi) is 4.34. The minimum absolute atomic E-state index is 0.320. The first kappa shape index (κ1) is 15.4. The van der Waals surface area contributed by atoms with Gasteiger partial charge in [-0.15, -0.1) is 0 Å². The van der Waals surface area contributed by atoms with Gasteiger partial charge in [0.05, 0.1) is 5.56 Å². The van der Waals surface area contributed by atoms with E-state index >= 15 is 0 Å². The molecule has 4 N–H and O–H groups in total. The molecule has 0 bridgehead atoms. The maximum Gasteiger partial charge on any atom is 0.180 e. The molecule has 0 aliphatic heterocycles. The first-order valence-corrected chi connectivity index (χ1v) is 7.30. The van der Waals surface area contributed by atoms with Crippen LogP contribution in [0.15, 0.2) is 66.7 Å². The van der Waals surface area contributed by atoms with Crippen LogP contribution in [0.2, 0.25) is 0 Å². The summed E-state index contributed by atoms with van der Waals surface area (Å²) in [5, 5.41) is 0. The normalized spacial score (nSPS) is 10.2. The van der Waals surface area contributed by atoms with Gasteiger partial charge in [-0.2, -0.15) is 0 Å². The highest BCUT2D eigenvalue weighted by molar-refractivity contribution is 5.81. The van der Waals surface area contributed by atoms with Gasteiger partial charge in [-0.3, -0.25) is 4.79 Å². The summed E-state index contributed by atoms with van der Waals surface area (Å²) in [6.45, 7) is 0. The molecular weight excluding hydrogens is 304 g/mol. The monoisotopic (exact) mass is 320 g/mol. The van der Waals surface area contributed by atoms with Crippen molar-refractivity contribution in [2.45, 2.75) is 0 Å². The van der Waals surface area contributed by atoms with Crippen molar-refractivity contribution in [3.8, 4) is 23.0 Å². The number of benzene rings is 3. The Morgan fingerprint density at radius 2 is 1.33 bits per heavy atom. The largest absolute Gasteiger partial charge is 0.453 e. The zero-order chi connectivity index (χ0) is 16.9. The second-order valence-electron chi connectivity index (χ2n) is 5.14. The van der Waals surface area contributed by atoms with Crippen LogP contribution in [0.1, 0.15) is 10.4 Å². The summed E-state index contributed by atoms with van der Waals surface area (Å²) in [7, 11) is 0. The molecule has 0 fully saturated rings. The lowest BCUT2D eigenvalue weighted by Crippen LogP contribution is -1.96. The van der Waals surface area contributed by atoms with Crippen molar-refractivity contribution < 1.29 is 14.3 Å². The van der Waals surface area contributed by atoms with Crippen molar-refractivity contribution in [3.63, 3.8) is 0 Å². The van der Waals surface area contributed by atoms with Gasteiger partial charge in [0, 0.05) is 23.5 Å². The molecule has 0 radical (unpaired) electrons. The average molecular weight is 320 g/mol. The first-order chi connectivity index (χ1) is 11.7. The number of carbonyl (C=O) groups excluding carboxylic acids is 1. The molecule has 3 aromatic carbocycles. The third-order valence-electron chi connectivity index (χ3n) is 3.30. The fourth-order valence-corrected chi connectivity index (χ4v) is 2.22. The summed E-state index contributed by atoms with van der Waals surface area (Å²) in [5.41, 5.74) is 13.1. The van der Waals surface area contributed by atoms with Crippen molar-refractivity contribution in [2.24, 2.45) is 0 Å². The quantitative estimate of drug-likeness (QED) is 0.542. The van der Waals surface area contributed by atoms with Gasteiger partial charge in [-0.1, -0.05) is 18.2 Å². The Labute approximate surface area is 139 Å². The van der Waals surface area contributed by atoms with Crippen molar-refractivity contribution in [1.29, 1.82) is 0 Å². The second-order valence-corrected chi connectivity index (χ2v) is 5.14. The Morgan fingerprint density at radius 3 is 1.92 bits per heavy atom. The maximum absolute atomic E-state index is 11.4. The van der Waals surface area contributed by atoms with Gasteiger partial charge in [-0.05, 0) is 36.4 Å². The maximum atomic E-state index is 11.4. The SMILES string of the molecule is Nc1cccc(Oc2cccc(C=O)c2Oc2cccc(N)c2)c1. The lowest BCUT2D eigenvalue weighted by atomic mass is 10.2. The van der Waals surface area contributed by atoms with Crippen LogP contribution in [0.3, 0.4) is 0 Å². The predicted octanol–water partition coefficient (Wildman–Crippen LogP) is 4.25. The van der Waals surface area contributed by atoms with Gasteiger partial charge < -0.3 is 20.9 Å². The Balaban J connectivity index is 1.98. The van der Waals surface area contributed by atoms with Crippen LogP contribution in [-0.2, 0) is 0 Å². The minimum Gasteiger partial charge on any atom is -0.453 e. The van der Waals surface area contributed by atoms with Crippen LogP contribution in [0.4, 0.5) is 11.4 Å². The van der Waals surface area contributed by atoms with Gasteiger partial charge in [0.1, 0.15) is 11.5 Å². The van der Waals surface area contributed by atoms with Crippen LogP contribution >= 0.6 is 0 Å². The fraction of sp³-hybridized carbons (Fsp3) is 0. The summed E-state index contributed by atoms with van der Waals surface area (Å²) in [6.07, 6.45) is 0.716. The number of rotatable bonds is 5. The molecule has 0 aliphatic carbocycles. The zero-order valence-electron chi connectivity index (χ0n) is 12.8. The molecule has 5 heteroatoms. The summed E-state index contributed by atoms with van der Waals surface area (Å²) < 4.78 is 11.7. The highest BCUT2D eigenvalue weighted by Crippen LogP contribution is 2.37. The summed E-state index contributed by atoms with van der Waals surface area (Å²) >= 11 is 0. The molecular formula is C19H16N2O3. The number of ether oxygens (including phenoxy) is 2. The topological polar surface area (TPSA) is 87.6 Å². The molecule has 24 heavy (non-hydrogen) atoms. The highest BCUT2D eigenvalue weighted by Gasteiger charge is 2.13. The highest BCUT2D eigenvalue weighted by atomic mass is 16.5. The number of carbonyl (C=O) groups is 1. The molecule has 0 atom stereocenters. The van der Waals surface area contributed by atoms with Crippen molar-refractivity contribution in [1.82, 2.24) is 0 Å². The van der Waals surface area contributed by atoms with Crippen LogP contribution < -0.4 is 20.9 Å². The predicted molar refractivity (Wildman–Crippen MR) is 93.7 cm³/mol. The first-order valence-electron chi connectivity index (χ1n) is 7.30. The molecule has 0 spiro atoms. The number of hydrogen-bond acceptors (Lipinski definition) is 5. The molecule has 3 rings (SSSR count). The van der Waals surface area contributed by atoms with Crippen LogP contribution in [0, 0.1) is 0 Å². The van der Waals surface area contributed by atoms with Crippen molar-refractivity contribution in [3.05, 3.63) is 72.3 Å². The number of nitrogens with two attached hydrogens (primary N) is 2.